The van der Waals surface area contributed by atoms with E-state index in [9.17, 15) is 23.2 Å². The highest BCUT2D eigenvalue weighted by Gasteiger charge is 2.41. The molecule has 1 saturated heterocycles. The van der Waals surface area contributed by atoms with Crippen molar-refractivity contribution in [3.05, 3.63) is 41.4 Å². The number of pyridine rings is 1. The molecule has 2 aliphatic rings. The fraction of sp³-hybridized carbons (Fsp3) is 0.500. The van der Waals surface area contributed by atoms with Crippen LogP contribution < -0.4 is 9.64 Å². The number of aromatic nitrogens is 4. The molecule has 5 rings (SSSR count). The van der Waals surface area contributed by atoms with Gasteiger partial charge in [0.15, 0.2) is 17.4 Å². The maximum atomic E-state index is 15.2. The molecule has 9 nitrogen and oxygen atoms in total. The van der Waals surface area contributed by atoms with E-state index in [1.807, 2.05) is 11.8 Å². The number of carbonyl (C=O) groups excluding carboxylic acids is 1. The van der Waals surface area contributed by atoms with Crippen LogP contribution in [-0.4, -0.2) is 56.3 Å². The molecule has 1 fully saturated rings. The number of amides is 1. The summed E-state index contributed by atoms with van der Waals surface area (Å²) in [7, 11) is 0. The Morgan fingerprint density at radius 3 is 2.64 bits per heavy atom. The van der Waals surface area contributed by atoms with E-state index < -0.39 is 17.8 Å². The average molecular weight is 546 g/mol. The van der Waals surface area contributed by atoms with E-state index in [1.54, 1.807) is 19.9 Å². The summed E-state index contributed by atoms with van der Waals surface area (Å²) in [6, 6.07) is 5.37. The molecule has 1 amide bonds. The summed E-state index contributed by atoms with van der Waals surface area (Å²) < 4.78 is 61.3. The van der Waals surface area contributed by atoms with Gasteiger partial charge in [-0.3, -0.25) is 9.78 Å². The van der Waals surface area contributed by atoms with Gasteiger partial charge >= 0.3 is 6.18 Å². The molecule has 3 aromatic rings. The van der Waals surface area contributed by atoms with Crippen LogP contribution in [0.15, 0.2) is 18.3 Å². The largest absolute Gasteiger partial charge is 0.488 e. The molecule has 1 aromatic carbocycles. The Bertz CT molecular complexity index is 1460. The smallest absolute Gasteiger partial charge is 0.451 e. The van der Waals surface area contributed by atoms with Crippen molar-refractivity contribution in [3.63, 3.8) is 0 Å². The zero-order valence-electron chi connectivity index (χ0n) is 21.7. The maximum absolute atomic E-state index is 15.2. The van der Waals surface area contributed by atoms with Crippen LogP contribution >= 0.6 is 0 Å². The molecule has 0 bridgehead atoms. The van der Waals surface area contributed by atoms with E-state index in [1.165, 1.54) is 17.2 Å². The number of hydrogen-bond acceptors (Lipinski definition) is 7. The van der Waals surface area contributed by atoms with Gasteiger partial charge in [0.2, 0.25) is 11.7 Å². The van der Waals surface area contributed by atoms with Gasteiger partial charge in [-0.15, -0.1) is 10.2 Å². The molecule has 2 aromatic heterocycles. The lowest BCUT2D eigenvalue weighted by Crippen LogP contribution is -2.49. The lowest BCUT2D eigenvalue weighted by Gasteiger charge is -2.40. The van der Waals surface area contributed by atoms with E-state index in [2.05, 4.69) is 21.3 Å². The number of carbonyl (C=O) groups is 1. The van der Waals surface area contributed by atoms with Gasteiger partial charge in [-0.05, 0) is 38.3 Å². The average Bonchev–Trinajstić information content (AvgIpc) is 3.33. The van der Waals surface area contributed by atoms with E-state index in [-0.39, 0.29) is 60.6 Å². The highest BCUT2D eigenvalue weighted by atomic mass is 19.4. The third kappa shape index (κ3) is 4.84. The Balaban J connectivity index is 1.35. The molecule has 0 saturated carbocycles. The van der Waals surface area contributed by atoms with Gasteiger partial charge in [0, 0.05) is 43.7 Å². The number of piperidine rings is 1. The Labute approximate surface area is 222 Å². The van der Waals surface area contributed by atoms with Crippen molar-refractivity contribution < 1.29 is 27.1 Å². The topological polar surface area (TPSA) is 100 Å². The number of halogens is 4. The van der Waals surface area contributed by atoms with Crippen LogP contribution in [0.1, 0.15) is 44.4 Å². The first kappa shape index (κ1) is 26.6. The van der Waals surface area contributed by atoms with Crippen molar-refractivity contribution >= 4 is 22.5 Å². The molecule has 13 heteroatoms. The number of alkyl halides is 3. The second kappa shape index (κ2) is 9.98. The van der Waals surface area contributed by atoms with Crippen LogP contribution in [0.5, 0.6) is 5.75 Å². The molecule has 39 heavy (non-hydrogen) atoms. The highest BCUT2D eigenvalue weighted by molar-refractivity contribution is 5.95. The number of ether oxygens (including phenoxy) is 1. The van der Waals surface area contributed by atoms with Gasteiger partial charge in [0.1, 0.15) is 11.6 Å². The molecule has 206 valence electrons. The summed E-state index contributed by atoms with van der Waals surface area (Å²) in [6.45, 7) is 6.44. The number of hydrogen-bond donors (Lipinski definition) is 0. The van der Waals surface area contributed by atoms with E-state index in [0.717, 1.165) is 4.57 Å². The van der Waals surface area contributed by atoms with E-state index in [0.29, 0.717) is 36.1 Å². The lowest BCUT2D eigenvalue weighted by molar-refractivity contribution is -0.148. The summed E-state index contributed by atoms with van der Waals surface area (Å²) in [6.07, 6.45) is -3.02. The van der Waals surface area contributed by atoms with Crippen LogP contribution in [0.25, 0.3) is 10.9 Å². The molecular weight excluding hydrogens is 518 g/mol. The van der Waals surface area contributed by atoms with Crippen LogP contribution in [0.4, 0.5) is 23.2 Å². The van der Waals surface area contributed by atoms with Crippen LogP contribution in [-0.2, 0) is 24.1 Å². The van der Waals surface area contributed by atoms with Crippen molar-refractivity contribution in [1.82, 2.24) is 24.6 Å². The predicted octanol–water partition coefficient (Wildman–Crippen LogP) is 4.15. The van der Waals surface area contributed by atoms with Crippen molar-refractivity contribution in [3.8, 4) is 11.8 Å². The SMILES string of the molecule is CC(C)Oc1ccc2c(N3CC[C@H](C(=O)N4CCn5c(nnc5C(F)(F)F)C4)[C@H](C)C3)c(C#N)cnc2c1F. The zero-order valence-corrected chi connectivity index (χ0v) is 21.7. The van der Waals surface area contributed by atoms with Gasteiger partial charge in [-0.2, -0.15) is 18.4 Å². The number of fused-ring (bicyclic) bond motifs is 2. The van der Waals surface area contributed by atoms with Crippen molar-refractivity contribution in [2.45, 2.75) is 52.6 Å². The minimum absolute atomic E-state index is 0.0290. The van der Waals surface area contributed by atoms with E-state index in [4.69, 9.17) is 4.74 Å². The number of anilines is 1. The van der Waals surface area contributed by atoms with Crippen molar-refractivity contribution in [2.24, 2.45) is 11.8 Å². The minimum Gasteiger partial charge on any atom is -0.488 e. The predicted molar refractivity (Wildman–Crippen MR) is 132 cm³/mol. The first-order valence-corrected chi connectivity index (χ1v) is 12.7. The van der Waals surface area contributed by atoms with Gasteiger partial charge in [0.25, 0.3) is 0 Å². The highest BCUT2D eigenvalue weighted by Crippen LogP contribution is 2.38. The molecule has 0 unspecified atom stereocenters. The molecule has 2 aliphatic heterocycles. The second-order valence-corrected chi connectivity index (χ2v) is 10.2. The summed E-state index contributed by atoms with van der Waals surface area (Å²) in [5, 5.41) is 17.2. The third-order valence-electron chi connectivity index (χ3n) is 7.25. The molecule has 4 heterocycles. The Morgan fingerprint density at radius 2 is 1.97 bits per heavy atom. The molecule has 0 N–H and O–H groups in total. The van der Waals surface area contributed by atoms with Crippen molar-refractivity contribution in [1.29, 1.82) is 5.26 Å². The fourth-order valence-corrected chi connectivity index (χ4v) is 5.47. The maximum Gasteiger partial charge on any atom is 0.451 e. The number of rotatable bonds is 4. The first-order chi connectivity index (χ1) is 18.5. The number of nitriles is 1. The molecule has 0 radical (unpaired) electrons. The zero-order chi connectivity index (χ0) is 28.1. The standard InChI is InChI=1S/C26H27F4N7O2/c1-14(2)39-19-5-4-18-22(21(19)27)32-11-16(10-31)23(18)35-7-6-17(15(3)12-35)24(38)36-8-9-37-20(13-36)33-34-25(37)26(28,29)30/h4-5,11,14-15,17H,6-9,12-13H2,1-3H3/t15-,17+/m1/s1. The van der Waals surface area contributed by atoms with E-state index >= 15 is 4.39 Å². The molecule has 0 aliphatic carbocycles. The van der Waals surface area contributed by atoms with Crippen LogP contribution in [0.2, 0.25) is 0 Å². The summed E-state index contributed by atoms with van der Waals surface area (Å²) in [5.41, 5.74) is 0.955. The van der Waals surface area contributed by atoms with Crippen LogP contribution in [0, 0.1) is 29.0 Å². The van der Waals surface area contributed by atoms with Gasteiger partial charge < -0.3 is 19.1 Å². The first-order valence-electron chi connectivity index (χ1n) is 12.7. The second-order valence-electron chi connectivity index (χ2n) is 10.2. The summed E-state index contributed by atoms with van der Waals surface area (Å²) >= 11 is 0. The van der Waals surface area contributed by atoms with Gasteiger partial charge in [0.05, 0.1) is 23.9 Å². The molecular formula is C26H27F4N7O2. The molecule has 0 spiro atoms. The van der Waals surface area contributed by atoms with Crippen LogP contribution in [0.3, 0.4) is 0 Å². The Hall–Kier alpha value is -3.95. The Kier molecular flexibility index (Phi) is 6.82. The number of nitrogens with zero attached hydrogens (tertiary/aromatic N) is 7. The number of benzene rings is 1. The summed E-state index contributed by atoms with van der Waals surface area (Å²) in [5.74, 6) is -2.11. The van der Waals surface area contributed by atoms with Crippen molar-refractivity contribution in [2.75, 3.05) is 24.5 Å². The lowest BCUT2D eigenvalue weighted by atomic mass is 9.85. The monoisotopic (exact) mass is 545 g/mol. The normalized spacial score (nSPS) is 19.8. The Morgan fingerprint density at radius 1 is 1.21 bits per heavy atom. The summed E-state index contributed by atoms with van der Waals surface area (Å²) in [4.78, 5) is 21.1. The fourth-order valence-electron chi connectivity index (χ4n) is 5.47. The van der Waals surface area contributed by atoms with Gasteiger partial charge in [-0.25, -0.2) is 4.39 Å². The molecule has 2 atom stereocenters. The minimum atomic E-state index is -4.61. The third-order valence-corrected chi connectivity index (χ3v) is 7.25. The quantitative estimate of drug-likeness (QED) is 0.454. The van der Waals surface area contributed by atoms with Gasteiger partial charge in [-0.1, -0.05) is 6.92 Å².